The van der Waals surface area contributed by atoms with E-state index in [1.54, 1.807) is 0 Å². The second kappa shape index (κ2) is 5.85. The molecule has 0 amide bonds. The predicted molar refractivity (Wildman–Crippen MR) is 72.0 cm³/mol. The Labute approximate surface area is 113 Å². The first-order chi connectivity index (χ1) is 9.34. The maximum Gasteiger partial charge on any atom is 0.163 e. The van der Waals surface area contributed by atoms with Gasteiger partial charge >= 0.3 is 0 Å². The summed E-state index contributed by atoms with van der Waals surface area (Å²) >= 11 is 0. The van der Waals surface area contributed by atoms with Crippen LogP contribution in [0.2, 0.25) is 0 Å². The van der Waals surface area contributed by atoms with E-state index < -0.39 is 0 Å². The van der Waals surface area contributed by atoms with Crippen LogP contribution in [0.25, 0.3) is 0 Å². The predicted octanol–water partition coefficient (Wildman–Crippen LogP) is 2.69. The van der Waals surface area contributed by atoms with Crippen LogP contribution in [0.4, 0.5) is 0 Å². The molecular weight excluding hydrogens is 240 g/mol. The number of fused-ring (bicyclic) bond motifs is 1. The van der Waals surface area contributed by atoms with E-state index in [0.717, 1.165) is 25.7 Å². The van der Waals surface area contributed by atoms with Crippen LogP contribution in [-0.2, 0) is 20.7 Å². The number of hydrogen-bond donors (Lipinski definition) is 0. The number of hydrogen-bond acceptors (Lipinski definition) is 3. The molecule has 3 heteroatoms. The van der Waals surface area contributed by atoms with Crippen LogP contribution in [0.5, 0.6) is 0 Å². The van der Waals surface area contributed by atoms with Crippen LogP contribution in [0.15, 0.2) is 24.3 Å². The summed E-state index contributed by atoms with van der Waals surface area (Å²) in [4.78, 5) is 12.0. The van der Waals surface area contributed by atoms with Crippen molar-refractivity contribution in [3.8, 4) is 0 Å². The minimum absolute atomic E-state index is 0.0545. The molecule has 102 valence electrons. The van der Waals surface area contributed by atoms with Crippen molar-refractivity contribution in [2.75, 3.05) is 19.8 Å². The van der Waals surface area contributed by atoms with Gasteiger partial charge in [-0.25, -0.2) is 0 Å². The lowest BCUT2D eigenvalue weighted by atomic mass is 9.89. The number of rotatable bonds is 4. The topological polar surface area (TPSA) is 35.5 Å². The van der Waals surface area contributed by atoms with Crippen molar-refractivity contribution in [3.05, 3.63) is 35.4 Å². The van der Waals surface area contributed by atoms with E-state index in [1.807, 2.05) is 6.07 Å². The summed E-state index contributed by atoms with van der Waals surface area (Å²) in [6, 6.07) is 8.41. The molecule has 0 spiro atoms. The van der Waals surface area contributed by atoms with E-state index in [1.165, 1.54) is 11.1 Å². The molecule has 2 unspecified atom stereocenters. The average molecular weight is 260 g/mol. The monoisotopic (exact) mass is 260 g/mol. The number of Topliss-reactive ketones (excluding diaryl/α,β-unsaturated/α-hetero) is 1. The molecule has 1 aliphatic carbocycles. The van der Waals surface area contributed by atoms with E-state index in [-0.39, 0.29) is 24.4 Å². The Morgan fingerprint density at radius 3 is 3.05 bits per heavy atom. The molecule has 1 saturated heterocycles. The molecule has 1 fully saturated rings. The molecule has 0 saturated carbocycles. The van der Waals surface area contributed by atoms with E-state index >= 15 is 0 Å². The molecule has 0 radical (unpaired) electrons. The van der Waals surface area contributed by atoms with Crippen molar-refractivity contribution in [1.82, 2.24) is 0 Å². The lowest BCUT2D eigenvalue weighted by Gasteiger charge is -2.25. The second-order valence-corrected chi connectivity index (χ2v) is 5.42. The average Bonchev–Trinajstić information content (AvgIpc) is 2.99. The summed E-state index contributed by atoms with van der Waals surface area (Å²) in [6.07, 6.45) is 4.23. The molecular formula is C16H20O3. The zero-order valence-electron chi connectivity index (χ0n) is 11.1. The highest BCUT2D eigenvalue weighted by Crippen LogP contribution is 2.32. The molecule has 0 aromatic heterocycles. The summed E-state index contributed by atoms with van der Waals surface area (Å²) in [5.41, 5.74) is 2.64. The van der Waals surface area contributed by atoms with Crippen LogP contribution in [0.3, 0.4) is 0 Å². The summed E-state index contributed by atoms with van der Waals surface area (Å²) in [5.74, 6) is 0.249. The van der Waals surface area contributed by atoms with Gasteiger partial charge in [0.15, 0.2) is 5.78 Å². The SMILES string of the molecule is O=C(COC1CCCc2ccccc21)C1CCOC1. The number of aryl methyl sites for hydroxylation is 1. The second-order valence-electron chi connectivity index (χ2n) is 5.42. The molecule has 1 aliphatic heterocycles. The number of carbonyl (C=O) groups excluding carboxylic acids is 1. The van der Waals surface area contributed by atoms with Gasteiger partial charge in [0.05, 0.1) is 12.7 Å². The van der Waals surface area contributed by atoms with Crippen LogP contribution in [0.1, 0.15) is 36.5 Å². The molecule has 1 heterocycles. The lowest BCUT2D eigenvalue weighted by molar-refractivity contribution is -0.129. The van der Waals surface area contributed by atoms with Gasteiger partial charge in [-0.05, 0) is 36.8 Å². The van der Waals surface area contributed by atoms with Gasteiger partial charge in [-0.15, -0.1) is 0 Å². The van der Waals surface area contributed by atoms with Crippen molar-refractivity contribution in [1.29, 1.82) is 0 Å². The Bertz CT molecular complexity index is 449. The molecule has 2 aliphatic rings. The smallest absolute Gasteiger partial charge is 0.163 e. The largest absolute Gasteiger partial charge is 0.381 e. The van der Waals surface area contributed by atoms with Gasteiger partial charge in [0.1, 0.15) is 6.61 Å². The summed E-state index contributed by atoms with van der Waals surface area (Å²) in [5, 5.41) is 0. The Morgan fingerprint density at radius 1 is 1.32 bits per heavy atom. The highest BCUT2D eigenvalue weighted by Gasteiger charge is 2.26. The third kappa shape index (κ3) is 2.88. The fourth-order valence-corrected chi connectivity index (χ4v) is 2.97. The molecule has 0 N–H and O–H groups in total. The molecule has 3 rings (SSSR count). The van der Waals surface area contributed by atoms with E-state index in [0.29, 0.717) is 13.2 Å². The van der Waals surface area contributed by atoms with Crippen molar-refractivity contribution < 1.29 is 14.3 Å². The Hall–Kier alpha value is -1.19. The highest BCUT2D eigenvalue weighted by molar-refractivity contribution is 5.82. The lowest BCUT2D eigenvalue weighted by Crippen LogP contribution is -2.23. The summed E-state index contributed by atoms with van der Waals surface area (Å²) in [7, 11) is 0. The Morgan fingerprint density at radius 2 is 2.21 bits per heavy atom. The highest BCUT2D eigenvalue weighted by atomic mass is 16.5. The molecule has 3 nitrogen and oxygen atoms in total. The maximum atomic E-state index is 12.0. The molecule has 2 atom stereocenters. The van der Waals surface area contributed by atoms with Crippen LogP contribution < -0.4 is 0 Å². The number of ketones is 1. The number of carbonyl (C=O) groups is 1. The standard InChI is InChI=1S/C16H20O3/c17-15(13-8-9-18-10-13)11-19-16-7-3-5-12-4-1-2-6-14(12)16/h1-2,4,6,13,16H,3,5,7-11H2. The van der Waals surface area contributed by atoms with Crippen LogP contribution >= 0.6 is 0 Å². The fourth-order valence-electron chi connectivity index (χ4n) is 2.97. The minimum Gasteiger partial charge on any atom is -0.381 e. The van der Waals surface area contributed by atoms with Crippen molar-refractivity contribution in [3.63, 3.8) is 0 Å². The van der Waals surface area contributed by atoms with Gasteiger partial charge in [-0.1, -0.05) is 24.3 Å². The third-order valence-electron chi connectivity index (χ3n) is 4.13. The zero-order valence-corrected chi connectivity index (χ0v) is 11.1. The molecule has 1 aromatic rings. The first-order valence-corrected chi connectivity index (χ1v) is 7.14. The summed E-state index contributed by atoms with van der Waals surface area (Å²) in [6.45, 7) is 1.51. The molecule has 19 heavy (non-hydrogen) atoms. The first kappa shape index (κ1) is 12.8. The van der Waals surface area contributed by atoms with Gasteiger partial charge in [0.2, 0.25) is 0 Å². The minimum atomic E-state index is 0.0545. The summed E-state index contributed by atoms with van der Waals surface area (Å²) < 4.78 is 11.1. The van der Waals surface area contributed by atoms with Crippen molar-refractivity contribution in [2.24, 2.45) is 5.92 Å². The van der Waals surface area contributed by atoms with E-state index in [4.69, 9.17) is 9.47 Å². The number of benzene rings is 1. The maximum absolute atomic E-state index is 12.0. The normalized spacial score (nSPS) is 26.1. The van der Waals surface area contributed by atoms with E-state index in [2.05, 4.69) is 18.2 Å². The van der Waals surface area contributed by atoms with Crippen molar-refractivity contribution in [2.45, 2.75) is 31.8 Å². The molecule has 0 bridgehead atoms. The van der Waals surface area contributed by atoms with Gasteiger partial charge in [-0.2, -0.15) is 0 Å². The van der Waals surface area contributed by atoms with Crippen LogP contribution in [-0.4, -0.2) is 25.6 Å². The van der Waals surface area contributed by atoms with Gasteiger partial charge in [-0.3, -0.25) is 4.79 Å². The molecule has 1 aromatic carbocycles. The fraction of sp³-hybridized carbons (Fsp3) is 0.562. The van der Waals surface area contributed by atoms with Gasteiger partial charge in [0.25, 0.3) is 0 Å². The van der Waals surface area contributed by atoms with Crippen LogP contribution in [0, 0.1) is 5.92 Å². The van der Waals surface area contributed by atoms with Gasteiger partial charge < -0.3 is 9.47 Å². The Balaban J connectivity index is 1.60. The van der Waals surface area contributed by atoms with Crippen molar-refractivity contribution >= 4 is 5.78 Å². The Kier molecular flexibility index (Phi) is 3.95. The first-order valence-electron chi connectivity index (χ1n) is 7.14. The number of ether oxygens (including phenoxy) is 2. The quantitative estimate of drug-likeness (QED) is 0.835. The zero-order chi connectivity index (χ0) is 13.1. The third-order valence-corrected chi connectivity index (χ3v) is 4.13. The van der Waals surface area contributed by atoms with E-state index in [9.17, 15) is 4.79 Å². The van der Waals surface area contributed by atoms with Gasteiger partial charge in [0, 0.05) is 12.5 Å².